The zero-order valence-corrected chi connectivity index (χ0v) is 10.6. The molecule has 0 aliphatic rings. The summed E-state index contributed by atoms with van der Waals surface area (Å²) in [7, 11) is 1.20. The topological polar surface area (TPSA) is 89.9 Å². The third-order valence-corrected chi connectivity index (χ3v) is 2.19. The molecule has 6 heteroatoms. The Bertz CT molecular complexity index is 333. The first-order valence-electron chi connectivity index (χ1n) is 5.60. The summed E-state index contributed by atoms with van der Waals surface area (Å²) >= 11 is 0. The summed E-state index contributed by atoms with van der Waals surface area (Å²) < 4.78 is 9.40. The monoisotopic (exact) mass is 258 g/mol. The van der Waals surface area contributed by atoms with Crippen LogP contribution in [0.4, 0.5) is 0 Å². The molecule has 102 valence electrons. The molecule has 6 nitrogen and oxygen atoms in total. The lowest BCUT2D eigenvalue weighted by atomic mass is 10.1. The quantitative estimate of drug-likeness (QED) is 0.521. The van der Waals surface area contributed by atoms with E-state index in [1.54, 1.807) is 0 Å². The van der Waals surface area contributed by atoms with Gasteiger partial charge in [-0.3, -0.25) is 4.79 Å². The molecule has 0 saturated heterocycles. The van der Waals surface area contributed by atoms with Crippen molar-refractivity contribution in [2.45, 2.75) is 38.7 Å². The Morgan fingerprint density at radius 2 is 1.94 bits per heavy atom. The highest BCUT2D eigenvalue weighted by Crippen LogP contribution is 2.10. The average Bonchev–Trinajstić information content (AvgIpc) is 2.32. The van der Waals surface area contributed by atoms with E-state index >= 15 is 0 Å². The smallest absolute Gasteiger partial charge is 0.347 e. The largest absolute Gasteiger partial charge is 0.481 e. The Morgan fingerprint density at radius 3 is 2.39 bits per heavy atom. The van der Waals surface area contributed by atoms with Crippen LogP contribution in [0.1, 0.15) is 32.6 Å². The van der Waals surface area contributed by atoms with Gasteiger partial charge in [0.05, 0.1) is 13.5 Å². The number of hydrogen-bond acceptors (Lipinski definition) is 5. The van der Waals surface area contributed by atoms with Crippen LogP contribution in [0.3, 0.4) is 0 Å². The summed E-state index contributed by atoms with van der Waals surface area (Å²) in [6.07, 6.45) is 0.350. The summed E-state index contributed by atoms with van der Waals surface area (Å²) in [5, 5.41) is 8.50. The zero-order chi connectivity index (χ0) is 14.1. The normalized spacial score (nSPS) is 11.4. The summed E-state index contributed by atoms with van der Waals surface area (Å²) in [5.74, 6) is -2.72. The van der Waals surface area contributed by atoms with Crippen LogP contribution in [0.15, 0.2) is 12.2 Å². The van der Waals surface area contributed by atoms with Crippen LogP contribution in [-0.4, -0.2) is 36.2 Å². The molecule has 0 aromatic rings. The molecule has 0 fully saturated rings. The SMILES string of the molecule is C=C(CC(=O)O)C(=O)OC(CCCC)C(=O)OC. The van der Waals surface area contributed by atoms with E-state index in [0.29, 0.717) is 12.8 Å². The van der Waals surface area contributed by atoms with E-state index < -0.39 is 30.4 Å². The highest BCUT2D eigenvalue weighted by molar-refractivity contribution is 5.94. The fourth-order valence-electron chi connectivity index (χ4n) is 1.21. The zero-order valence-electron chi connectivity index (χ0n) is 10.6. The van der Waals surface area contributed by atoms with Gasteiger partial charge in [0.15, 0.2) is 6.10 Å². The Hall–Kier alpha value is -1.85. The van der Waals surface area contributed by atoms with E-state index in [1.165, 1.54) is 7.11 Å². The molecule has 0 bridgehead atoms. The second-order valence-electron chi connectivity index (χ2n) is 3.73. The summed E-state index contributed by atoms with van der Waals surface area (Å²) in [6, 6.07) is 0. The first-order valence-corrected chi connectivity index (χ1v) is 5.60. The standard InChI is InChI=1S/C12H18O6/c1-4-5-6-9(12(16)17-3)18-11(15)8(2)7-10(13)14/h9H,2,4-7H2,1,3H3,(H,13,14). The number of carboxylic acids is 1. The molecule has 0 amide bonds. The van der Waals surface area contributed by atoms with E-state index in [0.717, 1.165) is 6.42 Å². The molecule has 18 heavy (non-hydrogen) atoms. The minimum atomic E-state index is -1.18. The molecular formula is C12H18O6. The molecule has 0 saturated carbocycles. The average molecular weight is 258 g/mol. The van der Waals surface area contributed by atoms with Gasteiger partial charge in [-0.2, -0.15) is 0 Å². The van der Waals surface area contributed by atoms with E-state index in [4.69, 9.17) is 9.84 Å². The first kappa shape index (κ1) is 16.1. The van der Waals surface area contributed by atoms with Crippen LogP contribution in [0.2, 0.25) is 0 Å². The molecule has 0 aliphatic heterocycles. The van der Waals surface area contributed by atoms with Gasteiger partial charge < -0.3 is 14.6 Å². The van der Waals surface area contributed by atoms with E-state index in [-0.39, 0.29) is 5.57 Å². The van der Waals surface area contributed by atoms with Gasteiger partial charge in [-0.15, -0.1) is 0 Å². The van der Waals surface area contributed by atoms with E-state index in [9.17, 15) is 14.4 Å². The predicted octanol–water partition coefficient (Wildman–Crippen LogP) is 1.29. The van der Waals surface area contributed by atoms with Crippen molar-refractivity contribution in [1.29, 1.82) is 0 Å². The van der Waals surface area contributed by atoms with Crippen LogP contribution < -0.4 is 0 Å². The Balaban J connectivity index is 4.47. The maximum Gasteiger partial charge on any atom is 0.347 e. The molecule has 1 N–H and O–H groups in total. The minimum Gasteiger partial charge on any atom is -0.481 e. The van der Waals surface area contributed by atoms with Crippen molar-refractivity contribution in [2.75, 3.05) is 7.11 Å². The second-order valence-corrected chi connectivity index (χ2v) is 3.73. The molecule has 0 aliphatic carbocycles. The summed E-state index contributed by atoms with van der Waals surface area (Å²) in [4.78, 5) is 33.2. The van der Waals surface area contributed by atoms with E-state index in [2.05, 4.69) is 11.3 Å². The van der Waals surface area contributed by atoms with Gasteiger partial charge in [-0.1, -0.05) is 19.9 Å². The maximum atomic E-state index is 11.5. The van der Waals surface area contributed by atoms with Gasteiger partial charge in [-0.25, -0.2) is 9.59 Å². The van der Waals surface area contributed by atoms with Gasteiger partial charge in [0.2, 0.25) is 0 Å². The number of unbranched alkanes of at least 4 members (excludes halogenated alkanes) is 1. The predicted molar refractivity (Wildman–Crippen MR) is 62.8 cm³/mol. The van der Waals surface area contributed by atoms with Crippen LogP contribution >= 0.6 is 0 Å². The van der Waals surface area contributed by atoms with E-state index in [1.807, 2.05) is 6.92 Å². The molecule has 0 radical (unpaired) electrons. The lowest BCUT2D eigenvalue weighted by Gasteiger charge is -2.15. The molecule has 0 aromatic heterocycles. The molecule has 1 atom stereocenters. The fraction of sp³-hybridized carbons (Fsp3) is 0.583. The number of carbonyl (C=O) groups is 3. The highest BCUT2D eigenvalue weighted by Gasteiger charge is 2.24. The number of esters is 2. The Labute approximate surface area is 106 Å². The van der Waals surface area contributed by atoms with Crippen LogP contribution in [0, 0.1) is 0 Å². The third kappa shape index (κ3) is 6.03. The fourth-order valence-corrected chi connectivity index (χ4v) is 1.21. The maximum absolute atomic E-state index is 11.5. The number of carboxylic acid groups (broad SMARTS) is 1. The number of hydrogen-bond donors (Lipinski definition) is 1. The van der Waals surface area contributed by atoms with Gasteiger partial charge in [0.25, 0.3) is 0 Å². The van der Waals surface area contributed by atoms with Crippen molar-refractivity contribution < 1.29 is 29.0 Å². The Morgan fingerprint density at radius 1 is 1.33 bits per heavy atom. The van der Waals surface area contributed by atoms with Gasteiger partial charge in [-0.05, 0) is 12.8 Å². The van der Waals surface area contributed by atoms with Gasteiger partial charge in [0, 0.05) is 5.57 Å². The number of aliphatic carboxylic acids is 1. The van der Waals surface area contributed by atoms with Crippen LogP contribution in [-0.2, 0) is 23.9 Å². The van der Waals surface area contributed by atoms with Crippen LogP contribution in [0.5, 0.6) is 0 Å². The van der Waals surface area contributed by atoms with Crippen molar-refractivity contribution in [3.8, 4) is 0 Å². The lowest BCUT2D eigenvalue weighted by molar-refractivity contribution is -0.164. The van der Waals surface area contributed by atoms with Gasteiger partial charge >= 0.3 is 17.9 Å². The molecule has 0 heterocycles. The lowest BCUT2D eigenvalue weighted by Crippen LogP contribution is -2.29. The number of methoxy groups -OCH3 is 1. The number of carbonyl (C=O) groups excluding carboxylic acids is 2. The number of ether oxygens (including phenoxy) is 2. The molecule has 0 rings (SSSR count). The van der Waals surface area contributed by atoms with Crippen LogP contribution in [0.25, 0.3) is 0 Å². The van der Waals surface area contributed by atoms with Crippen molar-refractivity contribution >= 4 is 17.9 Å². The molecule has 1 unspecified atom stereocenters. The Kier molecular flexibility index (Phi) is 7.42. The van der Waals surface area contributed by atoms with Crippen molar-refractivity contribution in [1.82, 2.24) is 0 Å². The highest BCUT2D eigenvalue weighted by atomic mass is 16.6. The molecule has 0 spiro atoms. The molecular weight excluding hydrogens is 240 g/mol. The van der Waals surface area contributed by atoms with Crippen molar-refractivity contribution in [2.24, 2.45) is 0 Å². The molecule has 0 aromatic carbocycles. The minimum absolute atomic E-state index is 0.201. The number of rotatable bonds is 8. The van der Waals surface area contributed by atoms with Crippen molar-refractivity contribution in [3.05, 3.63) is 12.2 Å². The third-order valence-electron chi connectivity index (χ3n) is 2.19. The van der Waals surface area contributed by atoms with Gasteiger partial charge in [0.1, 0.15) is 0 Å². The summed E-state index contributed by atoms with van der Waals surface area (Å²) in [5.41, 5.74) is -0.201. The summed E-state index contributed by atoms with van der Waals surface area (Å²) in [6.45, 7) is 5.24. The van der Waals surface area contributed by atoms with Crippen molar-refractivity contribution in [3.63, 3.8) is 0 Å². The second kappa shape index (κ2) is 8.27. The first-order chi connectivity index (χ1) is 8.42.